The van der Waals surface area contributed by atoms with E-state index < -0.39 is 0 Å². The van der Waals surface area contributed by atoms with Gasteiger partial charge in [0, 0.05) is 25.9 Å². The molecule has 0 saturated carbocycles. The molecule has 0 aliphatic rings. The predicted octanol–water partition coefficient (Wildman–Crippen LogP) is 3.04. The summed E-state index contributed by atoms with van der Waals surface area (Å²) in [4.78, 5) is 23.3. The highest BCUT2D eigenvalue weighted by Crippen LogP contribution is 2.22. The Labute approximate surface area is 146 Å². The molecule has 1 amide bonds. The molecule has 25 heavy (non-hydrogen) atoms. The molecule has 2 heterocycles. The molecule has 0 saturated heterocycles. The smallest absolute Gasteiger partial charge is 0.256 e. The predicted molar refractivity (Wildman–Crippen MR) is 96.4 cm³/mol. The van der Waals surface area contributed by atoms with E-state index in [9.17, 15) is 4.79 Å². The molecule has 3 rings (SSSR count). The number of carbonyl (C=O) groups is 1. The number of benzene rings is 1. The summed E-state index contributed by atoms with van der Waals surface area (Å²) in [6.07, 6.45) is 3.14. The van der Waals surface area contributed by atoms with Crippen molar-refractivity contribution >= 4 is 11.7 Å². The number of rotatable bonds is 5. The average molecular weight is 336 g/mol. The van der Waals surface area contributed by atoms with Crippen molar-refractivity contribution in [1.82, 2.24) is 15.3 Å². The number of aryl methyl sites for hydroxylation is 1. The van der Waals surface area contributed by atoms with Crippen molar-refractivity contribution < 1.29 is 9.21 Å². The SMILES string of the molecule is Cc1cccc(-c2ncc(C(=O)NCc3ccco3)c(N(C)C)n2)c1. The summed E-state index contributed by atoms with van der Waals surface area (Å²) in [5.74, 6) is 1.62. The Morgan fingerprint density at radius 1 is 1.24 bits per heavy atom. The van der Waals surface area contributed by atoms with Crippen LogP contribution in [0.3, 0.4) is 0 Å². The van der Waals surface area contributed by atoms with Gasteiger partial charge < -0.3 is 14.6 Å². The molecule has 0 fully saturated rings. The number of amides is 1. The van der Waals surface area contributed by atoms with Gasteiger partial charge in [0.1, 0.15) is 17.1 Å². The number of nitrogens with zero attached hydrogens (tertiary/aromatic N) is 3. The van der Waals surface area contributed by atoms with Gasteiger partial charge in [0.15, 0.2) is 5.82 Å². The van der Waals surface area contributed by atoms with Crippen LogP contribution < -0.4 is 10.2 Å². The second-order valence-electron chi connectivity index (χ2n) is 5.96. The van der Waals surface area contributed by atoms with Crippen LogP contribution in [0.15, 0.2) is 53.3 Å². The van der Waals surface area contributed by atoms with Crippen LogP contribution in [-0.2, 0) is 6.54 Å². The molecule has 0 radical (unpaired) electrons. The summed E-state index contributed by atoms with van der Waals surface area (Å²) in [5, 5.41) is 2.83. The van der Waals surface area contributed by atoms with Crippen LogP contribution in [0.4, 0.5) is 5.82 Å². The number of anilines is 1. The van der Waals surface area contributed by atoms with Crippen LogP contribution in [0.25, 0.3) is 11.4 Å². The molecule has 0 unspecified atom stereocenters. The lowest BCUT2D eigenvalue weighted by Gasteiger charge is -2.16. The van der Waals surface area contributed by atoms with Crippen molar-refractivity contribution in [2.45, 2.75) is 13.5 Å². The first-order valence-corrected chi connectivity index (χ1v) is 7.96. The van der Waals surface area contributed by atoms with Gasteiger partial charge in [-0.3, -0.25) is 4.79 Å². The summed E-state index contributed by atoms with van der Waals surface area (Å²) in [7, 11) is 3.71. The molecule has 128 valence electrons. The van der Waals surface area contributed by atoms with Crippen molar-refractivity contribution in [2.75, 3.05) is 19.0 Å². The number of aromatic nitrogens is 2. The van der Waals surface area contributed by atoms with Gasteiger partial charge in [-0.15, -0.1) is 0 Å². The largest absolute Gasteiger partial charge is 0.467 e. The number of furan rings is 1. The van der Waals surface area contributed by atoms with E-state index >= 15 is 0 Å². The Morgan fingerprint density at radius 3 is 2.76 bits per heavy atom. The third kappa shape index (κ3) is 3.85. The van der Waals surface area contributed by atoms with Crippen LogP contribution in [0.2, 0.25) is 0 Å². The Balaban J connectivity index is 1.87. The van der Waals surface area contributed by atoms with E-state index in [1.54, 1.807) is 18.5 Å². The highest BCUT2D eigenvalue weighted by Gasteiger charge is 2.17. The minimum absolute atomic E-state index is 0.240. The minimum Gasteiger partial charge on any atom is -0.467 e. The van der Waals surface area contributed by atoms with Gasteiger partial charge in [0.25, 0.3) is 5.91 Å². The topological polar surface area (TPSA) is 71.3 Å². The molecular formula is C19H20N4O2. The molecule has 0 atom stereocenters. The average Bonchev–Trinajstić information content (AvgIpc) is 3.12. The second kappa shape index (κ2) is 7.17. The first kappa shape index (κ1) is 16.7. The molecule has 1 aromatic carbocycles. The molecule has 0 aliphatic carbocycles. The lowest BCUT2D eigenvalue weighted by Crippen LogP contribution is -2.26. The van der Waals surface area contributed by atoms with Crippen LogP contribution in [-0.4, -0.2) is 30.0 Å². The highest BCUT2D eigenvalue weighted by atomic mass is 16.3. The van der Waals surface area contributed by atoms with E-state index in [1.807, 2.05) is 56.3 Å². The number of nitrogens with one attached hydrogen (secondary N) is 1. The van der Waals surface area contributed by atoms with E-state index in [2.05, 4.69) is 15.3 Å². The second-order valence-corrected chi connectivity index (χ2v) is 5.96. The van der Waals surface area contributed by atoms with Crippen molar-refractivity contribution in [3.63, 3.8) is 0 Å². The normalized spacial score (nSPS) is 10.5. The van der Waals surface area contributed by atoms with Crippen molar-refractivity contribution in [1.29, 1.82) is 0 Å². The van der Waals surface area contributed by atoms with Gasteiger partial charge in [-0.25, -0.2) is 9.97 Å². The summed E-state index contributed by atoms with van der Waals surface area (Å²) >= 11 is 0. The molecule has 0 bridgehead atoms. The Hall–Kier alpha value is -3.15. The first-order chi connectivity index (χ1) is 12.0. The first-order valence-electron chi connectivity index (χ1n) is 7.96. The Kier molecular flexibility index (Phi) is 4.79. The fraction of sp³-hybridized carbons (Fsp3) is 0.211. The number of carbonyl (C=O) groups excluding carboxylic acids is 1. The van der Waals surface area contributed by atoms with Crippen LogP contribution in [0, 0.1) is 6.92 Å². The molecule has 6 heteroatoms. The Bertz CT molecular complexity index is 873. The molecular weight excluding hydrogens is 316 g/mol. The van der Waals surface area contributed by atoms with E-state index in [0.29, 0.717) is 29.5 Å². The van der Waals surface area contributed by atoms with Gasteiger partial charge in [-0.05, 0) is 25.1 Å². The van der Waals surface area contributed by atoms with E-state index in [4.69, 9.17) is 4.42 Å². The van der Waals surface area contributed by atoms with Gasteiger partial charge >= 0.3 is 0 Å². The third-order valence-corrected chi connectivity index (χ3v) is 3.72. The highest BCUT2D eigenvalue weighted by molar-refractivity contribution is 5.98. The quantitative estimate of drug-likeness (QED) is 0.775. The molecule has 2 aromatic heterocycles. The van der Waals surface area contributed by atoms with Crippen molar-refractivity contribution in [3.8, 4) is 11.4 Å². The standard InChI is InChI=1S/C19H20N4O2/c1-13-6-4-7-14(10-13)17-20-12-16(18(22-17)23(2)3)19(24)21-11-15-8-5-9-25-15/h4-10,12H,11H2,1-3H3,(H,21,24). The Morgan fingerprint density at radius 2 is 2.08 bits per heavy atom. The zero-order valence-corrected chi connectivity index (χ0v) is 14.5. The molecule has 3 aromatic rings. The zero-order valence-electron chi connectivity index (χ0n) is 14.5. The van der Waals surface area contributed by atoms with E-state index in [1.165, 1.54) is 0 Å². The van der Waals surface area contributed by atoms with Gasteiger partial charge in [0.2, 0.25) is 0 Å². The maximum Gasteiger partial charge on any atom is 0.256 e. The third-order valence-electron chi connectivity index (χ3n) is 3.72. The maximum atomic E-state index is 12.5. The monoisotopic (exact) mass is 336 g/mol. The van der Waals surface area contributed by atoms with Gasteiger partial charge in [0.05, 0.1) is 12.8 Å². The summed E-state index contributed by atoms with van der Waals surface area (Å²) in [6.45, 7) is 2.34. The molecule has 0 spiro atoms. The summed E-state index contributed by atoms with van der Waals surface area (Å²) < 4.78 is 5.23. The molecule has 1 N–H and O–H groups in total. The van der Waals surface area contributed by atoms with Crippen LogP contribution >= 0.6 is 0 Å². The van der Waals surface area contributed by atoms with Gasteiger partial charge in [-0.2, -0.15) is 0 Å². The van der Waals surface area contributed by atoms with Gasteiger partial charge in [-0.1, -0.05) is 23.8 Å². The fourth-order valence-electron chi connectivity index (χ4n) is 2.47. The lowest BCUT2D eigenvalue weighted by molar-refractivity contribution is 0.0948. The maximum absolute atomic E-state index is 12.5. The number of hydrogen-bond acceptors (Lipinski definition) is 5. The molecule has 6 nitrogen and oxygen atoms in total. The van der Waals surface area contributed by atoms with E-state index in [0.717, 1.165) is 11.1 Å². The molecule has 0 aliphatic heterocycles. The summed E-state index contributed by atoms with van der Waals surface area (Å²) in [6, 6.07) is 11.6. The van der Waals surface area contributed by atoms with Crippen molar-refractivity contribution in [2.24, 2.45) is 0 Å². The van der Waals surface area contributed by atoms with Crippen molar-refractivity contribution in [3.05, 3.63) is 65.7 Å². The number of hydrogen-bond donors (Lipinski definition) is 1. The van der Waals surface area contributed by atoms with Crippen LogP contribution in [0.1, 0.15) is 21.7 Å². The van der Waals surface area contributed by atoms with Crippen LogP contribution in [0.5, 0.6) is 0 Å². The summed E-state index contributed by atoms with van der Waals surface area (Å²) in [5.41, 5.74) is 2.48. The fourth-order valence-corrected chi connectivity index (χ4v) is 2.47. The zero-order chi connectivity index (χ0) is 17.8. The minimum atomic E-state index is -0.240. The van der Waals surface area contributed by atoms with E-state index in [-0.39, 0.29) is 5.91 Å². The lowest BCUT2D eigenvalue weighted by atomic mass is 10.1.